The SMILES string of the molecule is c1ccc([Si](CCCOCC2CO2)(CCCOCC2CO2)O[Si](c2ccccc2)(c2ccccc2)c2ccccc2)cc1. The molecule has 224 valence electrons. The number of rotatable bonds is 18. The van der Waals surface area contributed by atoms with Crippen molar-refractivity contribution in [2.24, 2.45) is 0 Å². The molecule has 4 aromatic rings. The van der Waals surface area contributed by atoms with Crippen molar-refractivity contribution in [1.29, 1.82) is 0 Å². The highest BCUT2D eigenvalue weighted by molar-refractivity contribution is 7.12. The minimum atomic E-state index is -2.95. The van der Waals surface area contributed by atoms with Crippen LogP contribution >= 0.6 is 0 Å². The highest BCUT2D eigenvalue weighted by Crippen LogP contribution is 2.27. The molecule has 2 saturated heterocycles. The third kappa shape index (κ3) is 7.80. The summed E-state index contributed by atoms with van der Waals surface area (Å²) in [4.78, 5) is 0. The minimum Gasteiger partial charge on any atom is -0.442 e. The lowest BCUT2D eigenvalue weighted by Gasteiger charge is -2.44. The van der Waals surface area contributed by atoms with Crippen LogP contribution in [0.15, 0.2) is 121 Å². The van der Waals surface area contributed by atoms with Crippen molar-refractivity contribution in [3.63, 3.8) is 0 Å². The van der Waals surface area contributed by atoms with Crippen LogP contribution in [0.3, 0.4) is 0 Å². The molecular formula is C36H42O5Si2. The zero-order valence-corrected chi connectivity index (χ0v) is 26.8. The summed E-state index contributed by atoms with van der Waals surface area (Å²) in [5.41, 5.74) is 0. The maximum Gasteiger partial charge on any atom is 0.278 e. The zero-order valence-electron chi connectivity index (χ0n) is 24.8. The van der Waals surface area contributed by atoms with Gasteiger partial charge in [0.15, 0.2) is 0 Å². The summed E-state index contributed by atoms with van der Waals surface area (Å²) in [7, 11) is -5.59. The predicted octanol–water partition coefficient (Wildman–Crippen LogP) is 4.13. The molecule has 2 aliphatic heterocycles. The molecule has 0 N–H and O–H groups in total. The van der Waals surface area contributed by atoms with Crippen LogP contribution in [0.4, 0.5) is 0 Å². The first kappa shape index (κ1) is 30.2. The molecule has 0 radical (unpaired) electrons. The molecule has 5 nitrogen and oxygen atoms in total. The van der Waals surface area contributed by atoms with Gasteiger partial charge in [0.2, 0.25) is 8.32 Å². The Balaban J connectivity index is 1.42. The normalized spacial score (nSPS) is 19.1. The van der Waals surface area contributed by atoms with E-state index in [-0.39, 0.29) is 12.2 Å². The van der Waals surface area contributed by atoms with Gasteiger partial charge in [-0.25, -0.2) is 0 Å². The van der Waals surface area contributed by atoms with Gasteiger partial charge in [-0.3, -0.25) is 0 Å². The number of epoxide rings is 2. The first-order chi connectivity index (χ1) is 21.3. The van der Waals surface area contributed by atoms with Crippen molar-refractivity contribution in [1.82, 2.24) is 0 Å². The molecule has 2 fully saturated rings. The lowest BCUT2D eigenvalue weighted by Crippen LogP contribution is -2.75. The Hall–Kier alpha value is -2.89. The van der Waals surface area contributed by atoms with Crippen LogP contribution in [0.1, 0.15) is 12.8 Å². The summed E-state index contributed by atoms with van der Waals surface area (Å²) in [6.45, 7) is 4.39. The van der Waals surface area contributed by atoms with E-state index in [1.165, 1.54) is 20.7 Å². The molecule has 0 bridgehead atoms. The second kappa shape index (κ2) is 14.7. The fraction of sp³-hybridized carbons (Fsp3) is 0.333. The van der Waals surface area contributed by atoms with Gasteiger partial charge in [0.1, 0.15) is 12.2 Å². The van der Waals surface area contributed by atoms with Crippen molar-refractivity contribution < 1.29 is 23.1 Å². The van der Waals surface area contributed by atoms with Crippen LogP contribution in [-0.2, 0) is 23.1 Å². The molecule has 4 aromatic carbocycles. The Kier molecular flexibility index (Phi) is 10.3. The summed E-state index contributed by atoms with van der Waals surface area (Å²) in [5.74, 6) is 0. The van der Waals surface area contributed by atoms with E-state index in [1.807, 2.05) is 0 Å². The lowest BCUT2D eigenvalue weighted by atomic mass is 10.3. The van der Waals surface area contributed by atoms with Crippen molar-refractivity contribution >= 4 is 37.4 Å². The van der Waals surface area contributed by atoms with Gasteiger partial charge in [-0.15, -0.1) is 0 Å². The van der Waals surface area contributed by atoms with Crippen LogP contribution in [0.5, 0.6) is 0 Å². The quantitative estimate of drug-likeness (QED) is 0.0734. The summed E-state index contributed by atoms with van der Waals surface area (Å²) < 4.78 is 31.0. The van der Waals surface area contributed by atoms with E-state index >= 15 is 0 Å². The fourth-order valence-electron chi connectivity index (χ4n) is 5.98. The molecule has 2 heterocycles. The highest BCUT2D eigenvalue weighted by atomic mass is 28.4. The maximum absolute atomic E-state index is 8.17. The van der Waals surface area contributed by atoms with E-state index in [2.05, 4.69) is 121 Å². The molecule has 0 amide bonds. The summed E-state index contributed by atoms with van der Waals surface area (Å²) >= 11 is 0. The number of ether oxygens (including phenoxy) is 4. The van der Waals surface area contributed by atoms with Gasteiger partial charge in [-0.2, -0.15) is 0 Å². The second-order valence-corrected chi connectivity index (χ2v) is 19.0. The molecule has 2 aliphatic rings. The van der Waals surface area contributed by atoms with E-state index in [4.69, 9.17) is 23.1 Å². The van der Waals surface area contributed by atoms with Crippen molar-refractivity contribution in [3.05, 3.63) is 121 Å². The van der Waals surface area contributed by atoms with Crippen molar-refractivity contribution in [2.45, 2.75) is 37.1 Å². The topological polar surface area (TPSA) is 52.8 Å². The molecule has 0 aliphatic carbocycles. The molecule has 0 saturated carbocycles. The lowest BCUT2D eigenvalue weighted by molar-refractivity contribution is 0.115. The van der Waals surface area contributed by atoms with Crippen LogP contribution in [0.25, 0.3) is 0 Å². The van der Waals surface area contributed by atoms with Gasteiger partial charge in [-0.1, -0.05) is 121 Å². The van der Waals surface area contributed by atoms with Gasteiger partial charge in [0.25, 0.3) is 8.32 Å². The molecule has 7 heteroatoms. The van der Waals surface area contributed by atoms with Gasteiger partial charge < -0.3 is 23.1 Å². The Bertz CT molecular complexity index is 1250. The molecule has 2 atom stereocenters. The predicted molar refractivity (Wildman–Crippen MR) is 177 cm³/mol. The Morgan fingerprint density at radius 3 is 1.21 bits per heavy atom. The van der Waals surface area contributed by atoms with E-state index in [1.54, 1.807) is 0 Å². The molecule has 0 spiro atoms. The highest BCUT2D eigenvalue weighted by Gasteiger charge is 2.50. The van der Waals surface area contributed by atoms with E-state index < -0.39 is 16.6 Å². The smallest absolute Gasteiger partial charge is 0.278 e. The number of hydrogen-bond acceptors (Lipinski definition) is 5. The van der Waals surface area contributed by atoms with E-state index in [9.17, 15) is 0 Å². The molecule has 6 rings (SSSR count). The van der Waals surface area contributed by atoms with Crippen LogP contribution in [0.2, 0.25) is 12.1 Å². The molecule has 2 unspecified atom stereocenters. The van der Waals surface area contributed by atoms with Crippen LogP contribution < -0.4 is 20.7 Å². The minimum absolute atomic E-state index is 0.272. The van der Waals surface area contributed by atoms with Crippen LogP contribution in [0, 0.1) is 0 Å². The first-order valence-corrected chi connectivity index (χ1v) is 19.8. The van der Waals surface area contributed by atoms with Crippen LogP contribution in [-0.4, -0.2) is 68.5 Å². The van der Waals surface area contributed by atoms with Crippen molar-refractivity contribution in [3.8, 4) is 0 Å². The Morgan fingerprint density at radius 1 is 0.512 bits per heavy atom. The number of benzene rings is 4. The monoisotopic (exact) mass is 610 g/mol. The third-order valence-corrected chi connectivity index (χ3v) is 18.3. The summed E-state index contributed by atoms with van der Waals surface area (Å²) in [5, 5.41) is 5.14. The average Bonchev–Trinajstić information content (AvgIpc) is 4.02. The van der Waals surface area contributed by atoms with E-state index in [0.29, 0.717) is 26.4 Å². The fourth-order valence-corrected chi connectivity index (χ4v) is 17.1. The van der Waals surface area contributed by atoms with Gasteiger partial charge >= 0.3 is 0 Å². The summed E-state index contributed by atoms with van der Waals surface area (Å²) in [6, 6.07) is 45.8. The third-order valence-electron chi connectivity index (χ3n) is 8.34. The zero-order chi connectivity index (χ0) is 29.2. The standard InChI is InChI=1S/C36H42O5Si2/c1-5-15-33(16-6-1)42(25-13-23-37-27-31-29-39-31,26-14-24-38-28-32-30-40-32)41-43(34-17-7-2-8-18-34,35-19-9-3-10-20-35)36-21-11-4-12-22-36/h1-12,15-22,31-32H,13-14,23-30H2. The van der Waals surface area contributed by atoms with Crippen molar-refractivity contribution in [2.75, 3.05) is 39.6 Å². The molecule has 0 aromatic heterocycles. The van der Waals surface area contributed by atoms with Gasteiger partial charge in [0, 0.05) is 13.2 Å². The molecule has 43 heavy (non-hydrogen) atoms. The van der Waals surface area contributed by atoms with Gasteiger partial charge in [0.05, 0.1) is 26.4 Å². The summed E-state index contributed by atoms with van der Waals surface area (Å²) in [6.07, 6.45) is 2.42. The Labute approximate surface area is 258 Å². The number of hydrogen-bond donors (Lipinski definition) is 0. The Morgan fingerprint density at radius 2 is 0.860 bits per heavy atom. The van der Waals surface area contributed by atoms with E-state index in [0.717, 1.165) is 38.1 Å². The average molecular weight is 611 g/mol. The van der Waals surface area contributed by atoms with Gasteiger partial charge in [-0.05, 0) is 45.7 Å². The molecular weight excluding hydrogens is 569 g/mol. The first-order valence-electron chi connectivity index (χ1n) is 15.6. The largest absolute Gasteiger partial charge is 0.442 e. The maximum atomic E-state index is 8.17. The second-order valence-electron chi connectivity index (χ2n) is 11.5.